The predicted molar refractivity (Wildman–Crippen MR) is 55.4 cm³/mol. The van der Waals surface area contributed by atoms with Crippen molar-refractivity contribution >= 4 is 17.5 Å². The first kappa shape index (κ1) is 7.62. The van der Waals surface area contributed by atoms with E-state index in [2.05, 4.69) is 28.6 Å². The van der Waals surface area contributed by atoms with Crippen molar-refractivity contribution in [2.24, 2.45) is 4.99 Å². The van der Waals surface area contributed by atoms with E-state index in [4.69, 9.17) is 0 Å². The third kappa shape index (κ3) is 1.59. The summed E-state index contributed by atoms with van der Waals surface area (Å²) in [6.07, 6.45) is 12.2. The lowest BCUT2D eigenvalue weighted by molar-refractivity contribution is 1.56. The standard InChI is InChI=1S/C10H9NS/c1-2-6-11-10-5-8-12-7-4-9(10)3-1/h1-6,8H,7H2. The van der Waals surface area contributed by atoms with Gasteiger partial charge in [-0.15, -0.1) is 11.8 Å². The van der Waals surface area contributed by atoms with Crippen LogP contribution in [-0.2, 0) is 0 Å². The third-order valence-electron chi connectivity index (χ3n) is 1.70. The summed E-state index contributed by atoms with van der Waals surface area (Å²) >= 11 is 1.79. The maximum Gasteiger partial charge on any atom is 0.0704 e. The second kappa shape index (κ2) is 3.59. The number of allylic oxidation sites excluding steroid dienone is 5. The van der Waals surface area contributed by atoms with Gasteiger partial charge < -0.3 is 0 Å². The Morgan fingerprint density at radius 1 is 1.25 bits per heavy atom. The molecule has 0 radical (unpaired) electrons. The monoisotopic (exact) mass is 175 g/mol. The van der Waals surface area contributed by atoms with Crippen molar-refractivity contribution in [3.8, 4) is 0 Å². The average Bonchev–Trinajstić information content (AvgIpc) is 2.38. The molecule has 0 aromatic rings. The fraction of sp³-hybridized carbons (Fsp3) is 0.100. The van der Waals surface area contributed by atoms with Gasteiger partial charge in [0.05, 0.1) is 5.71 Å². The van der Waals surface area contributed by atoms with Gasteiger partial charge in [-0.1, -0.05) is 18.2 Å². The Morgan fingerprint density at radius 3 is 3.25 bits per heavy atom. The maximum atomic E-state index is 4.31. The molecule has 12 heavy (non-hydrogen) atoms. The predicted octanol–water partition coefficient (Wildman–Crippen LogP) is 2.70. The molecule has 2 rings (SSSR count). The molecule has 0 aliphatic carbocycles. The van der Waals surface area contributed by atoms with Crippen LogP contribution in [0.2, 0.25) is 0 Å². The molecule has 60 valence electrons. The summed E-state index contributed by atoms with van der Waals surface area (Å²) in [6, 6.07) is 0. The van der Waals surface area contributed by atoms with Gasteiger partial charge in [-0.2, -0.15) is 0 Å². The molecule has 0 unspecified atom stereocenters. The van der Waals surface area contributed by atoms with Crippen molar-refractivity contribution < 1.29 is 0 Å². The minimum Gasteiger partial charge on any atom is -0.256 e. The zero-order valence-corrected chi connectivity index (χ0v) is 7.42. The van der Waals surface area contributed by atoms with Crippen LogP contribution < -0.4 is 0 Å². The van der Waals surface area contributed by atoms with Crippen LogP contribution in [0.4, 0.5) is 0 Å². The van der Waals surface area contributed by atoms with Crippen LogP contribution in [0.1, 0.15) is 0 Å². The molecular weight excluding hydrogens is 166 g/mol. The lowest BCUT2D eigenvalue weighted by atomic mass is 10.1. The number of fused-ring (bicyclic) bond motifs is 1. The van der Waals surface area contributed by atoms with Crippen LogP contribution in [0.5, 0.6) is 0 Å². The maximum absolute atomic E-state index is 4.31. The Hall–Kier alpha value is -1.02. The Labute approximate surface area is 76.3 Å². The van der Waals surface area contributed by atoms with E-state index < -0.39 is 0 Å². The normalized spacial score (nSPS) is 20.7. The first-order valence-corrected chi connectivity index (χ1v) is 4.91. The van der Waals surface area contributed by atoms with Crippen molar-refractivity contribution in [2.45, 2.75) is 0 Å². The zero-order valence-electron chi connectivity index (χ0n) is 6.60. The van der Waals surface area contributed by atoms with E-state index in [1.165, 1.54) is 5.57 Å². The van der Waals surface area contributed by atoms with Gasteiger partial charge in [-0.25, -0.2) is 0 Å². The van der Waals surface area contributed by atoms with E-state index >= 15 is 0 Å². The van der Waals surface area contributed by atoms with Crippen molar-refractivity contribution in [1.82, 2.24) is 0 Å². The largest absolute Gasteiger partial charge is 0.256 e. The molecule has 1 nitrogen and oxygen atoms in total. The average molecular weight is 175 g/mol. The summed E-state index contributed by atoms with van der Waals surface area (Å²) in [5, 5.41) is 2.09. The van der Waals surface area contributed by atoms with Gasteiger partial charge >= 0.3 is 0 Å². The molecule has 2 aliphatic heterocycles. The fourth-order valence-corrected chi connectivity index (χ4v) is 1.72. The minimum atomic E-state index is 1.04. The van der Waals surface area contributed by atoms with E-state index in [1.807, 2.05) is 18.4 Å². The smallest absolute Gasteiger partial charge is 0.0704 e. The molecular formula is C10H9NS. The summed E-state index contributed by atoms with van der Waals surface area (Å²) in [5.74, 6) is 1.04. The van der Waals surface area contributed by atoms with Gasteiger partial charge in [-0.3, -0.25) is 4.99 Å². The number of hydrogen-bond donors (Lipinski definition) is 0. The highest BCUT2D eigenvalue weighted by atomic mass is 32.2. The molecule has 0 saturated carbocycles. The molecule has 2 aliphatic rings. The molecule has 0 bridgehead atoms. The first-order chi connectivity index (χ1) is 5.97. The highest BCUT2D eigenvalue weighted by Gasteiger charge is 2.03. The van der Waals surface area contributed by atoms with E-state index in [1.54, 1.807) is 11.8 Å². The second-order valence-electron chi connectivity index (χ2n) is 2.51. The summed E-state index contributed by atoms with van der Waals surface area (Å²) < 4.78 is 0. The molecule has 0 aromatic heterocycles. The summed E-state index contributed by atoms with van der Waals surface area (Å²) in [7, 11) is 0. The van der Waals surface area contributed by atoms with E-state index in [-0.39, 0.29) is 0 Å². The van der Waals surface area contributed by atoms with Crippen LogP contribution in [0.15, 0.2) is 52.6 Å². The Balaban J connectivity index is 2.43. The van der Waals surface area contributed by atoms with E-state index in [9.17, 15) is 0 Å². The van der Waals surface area contributed by atoms with Gasteiger partial charge in [0.25, 0.3) is 0 Å². The van der Waals surface area contributed by atoms with Crippen molar-refractivity contribution in [1.29, 1.82) is 0 Å². The molecule has 0 aromatic carbocycles. The number of aliphatic imine (C=N–C) groups is 1. The Morgan fingerprint density at radius 2 is 2.25 bits per heavy atom. The Kier molecular flexibility index (Phi) is 2.28. The first-order valence-electron chi connectivity index (χ1n) is 3.86. The lowest BCUT2D eigenvalue weighted by Crippen LogP contribution is -1.94. The van der Waals surface area contributed by atoms with Crippen molar-refractivity contribution in [3.05, 3.63) is 47.6 Å². The molecule has 0 saturated heterocycles. The fourth-order valence-electron chi connectivity index (χ4n) is 1.11. The number of rotatable bonds is 0. The number of hydrogen-bond acceptors (Lipinski definition) is 2. The molecule has 0 fully saturated rings. The minimum absolute atomic E-state index is 1.04. The van der Waals surface area contributed by atoms with Gasteiger partial charge in [0.2, 0.25) is 0 Å². The Bertz CT molecular complexity index is 319. The van der Waals surface area contributed by atoms with Crippen LogP contribution in [0.25, 0.3) is 0 Å². The molecule has 0 N–H and O–H groups in total. The molecule has 2 heteroatoms. The van der Waals surface area contributed by atoms with Crippen LogP contribution in [0, 0.1) is 0 Å². The summed E-state index contributed by atoms with van der Waals surface area (Å²) in [4.78, 5) is 4.31. The van der Waals surface area contributed by atoms with E-state index in [0.717, 1.165) is 11.5 Å². The van der Waals surface area contributed by atoms with Crippen LogP contribution in [0.3, 0.4) is 0 Å². The highest BCUT2D eigenvalue weighted by molar-refractivity contribution is 8.02. The quantitative estimate of drug-likeness (QED) is 0.551. The van der Waals surface area contributed by atoms with Gasteiger partial charge in [0.1, 0.15) is 0 Å². The third-order valence-corrected chi connectivity index (χ3v) is 2.39. The molecule has 0 atom stereocenters. The molecule has 2 heterocycles. The van der Waals surface area contributed by atoms with Gasteiger partial charge in [-0.05, 0) is 23.1 Å². The summed E-state index contributed by atoms with van der Waals surface area (Å²) in [6.45, 7) is 0. The van der Waals surface area contributed by atoms with Crippen molar-refractivity contribution in [3.63, 3.8) is 0 Å². The summed E-state index contributed by atoms with van der Waals surface area (Å²) in [5.41, 5.74) is 2.28. The zero-order chi connectivity index (χ0) is 8.23. The van der Waals surface area contributed by atoms with Crippen molar-refractivity contribution in [2.75, 3.05) is 5.75 Å². The van der Waals surface area contributed by atoms with Crippen LogP contribution in [-0.4, -0.2) is 11.5 Å². The highest BCUT2D eigenvalue weighted by Crippen LogP contribution is 2.15. The van der Waals surface area contributed by atoms with E-state index in [0.29, 0.717) is 0 Å². The number of thioether (sulfide) groups is 1. The van der Waals surface area contributed by atoms with Crippen LogP contribution >= 0.6 is 11.8 Å². The SMILES string of the molecule is C1=CN=C2C=CSCC=C2C=C1. The van der Waals surface area contributed by atoms with Gasteiger partial charge in [0, 0.05) is 12.0 Å². The lowest BCUT2D eigenvalue weighted by Gasteiger charge is -1.96. The molecule has 0 spiro atoms. The van der Waals surface area contributed by atoms with Gasteiger partial charge in [0.15, 0.2) is 0 Å². The molecule has 0 amide bonds. The topological polar surface area (TPSA) is 12.4 Å². The number of nitrogens with zero attached hydrogens (tertiary/aromatic N) is 1. The second-order valence-corrected chi connectivity index (χ2v) is 3.45.